The smallest absolute Gasteiger partial charge is 0.255 e. The maximum absolute atomic E-state index is 13.3. The Morgan fingerprint density at radius 1 is 1.35 bits per heavy atom. The van der Waals surface area contributed by atoms with Gasteiger partial charge in [0.25, 0.3) is 5.24 Å². The average Bonchev–Trinajstić information content (AvgIpc) is 2.21. The highest BCUT2D eigenvalue weighted by molar-refractivity contribution is 8.13. The van der Waals surface area contributed by atoms with E-state index in [0.717, 1.165) is 17.8 Å². The summed E-state index contributed by atoms with van der Waals surface area (Å²) in [5.74, 6) is -0.979. The van der Waals surface area contributed by atoms with E-state index in [0.29, 0.717) is 4.90 Å². The Morgan fingerprint density at radius 2 is 1.94 bits per heavy atom. The molecule has 0 amide bonds. The fourth-order valence-corrected chi connectivity index (χ4v) is 2.18. The molecule has 17 heavy (non-hydrogen) atoms. The number of rotatable bonds is 3. The van der Waals surface area contributed by atoms with Gasteiger partial charge in [-0.05, 0) is 23.7 Å². The van der Waals surface area contributed by atoms with E-state index in [2.05, 4.69) is 0 Å². The van der Waals surface area contributed by atoms with E-state index in [1.165, 1.54) is 6.07 Å². The van der Waals surface area contributed by atoms with E-state index in [9.17, 15) is 14.0 Å². The van der Waals surface area contributed by atoms with Gasteiger partial charge in [-0.3, -0.25) is 9.59 Å². The van der Waals surface area contributed by atoms with Crippen LogP contribution in [0.15, 0.2) is 17.0 Å². The molecule has 0 aliphatic carbocycles. The summed E-state index contributed by atoms with van der Waals surface area (Å²) in [6.45, 7) is 3.47. The maximum atomic E-state index is 13.3. The number of benzene rings is 1. The predicted molar refractivity (Wildman–Crippen MR) is 67.3 cm³/mol. The quantitative estimate of drug-likeness (QED) is 0.621. The van der Waals surface area contributed by atoms with Gasteiger partial charge < -0.3 is 0 Å². The Balaban J connectivity index is 3.12. The van der Waals surface area contributed by atoms with Gasteiger partial charge in [0.15, 0.2) is 5.12 Å². The van der Waals surface area contributed by atoms with Crippen molar-refractivity contribution in [3.05, 3.63) is 28.5 Å². The van der Waals surface area contributed by atoms with Crippen LogP contribution in [0.1, 0.15) is 24.2 Å². The number of halogens is 3. The van der Waals surface area contributed by atoms with Crippen molar-refractivity contribution in [2.24, 2.45) is 5.92 Å². The zero-order valence-corrected chi connectivity index (χ0v) is 11.4. The molecule has 2 nitrogen and oxygen atoms in total. The molecular formula is C11H9Cl2FO2S. The van der Waals surface area contributed by atoms with E-state index in [4.69, 9.17) is 23.2 Å². The predicted octanol–water partition coefficient (Wildman–Crippen LogP) is 4.13. The Hall–Kier alpha value is -0.580. The third kappa shape index (κ3) is 3.69. The lowest BCUT2D eigenvalue weighted by Gasteiger charge is -2.07. The molecule has 0 saturated heterocycles. The van der Waals surface area contributed by atoms with E-state index in [-0.39, 0.29) is 21.6 Å². The second kappa shape index (κ2) is 5.85. The van der Waals surface area contributed by atoms with Gasteiger partial charge in [-0.1, -0.05) is 37.2 Å². The molecule has 0 aromatic heterocycles. The van der Waals surface area contributed by atoms with Gasteiger partial charge in [0.05, 0.1) is 10.6 Å². The van der Waals surface area contributed by atoms with Gasteiger partial charge in [0.2, 0.25) is 0 Å². The molecular weight excluding hydrogens is 286 g/mol. The van der Waals surface area contributed by atoms with E-state index >= 15 is 0 Å². The molecule has 0 spiro atoms. The minimum Gasteiger partial charge on any atom is -0.287 e. The Labute approximate surface area is 112 Å². The van der Waals surface area contributed by atoms with Crippen molar-refractivity contribution in [2.45, 2.75) is 18.7 Å². The first-order chi connectivity index (χ1) is 7.82. The zero-order valence-electron chi connectivity index (χ0n) is 9.09. The van der Waals surface area contributed by atoms with Crippen LogP contribution in [-0.2, 0) is 4.79 Å². The van der Waals surface area contributed by atoms with Crippen molar-refractivity contribution in [3.8, 4) is 0 Å². The van der Waals surface area contributed by atoms with Gasteiger partial charge >= 0.3 is 0 Å². The summed E-state index contributed by atoms with van der Waals surface area (Å²) in [5, 5.41) is -0.951. The van der Waals surface area contributed by atoms with Gasteiger partial charge in [0.1, 0.15) is 5.82 Å². The first-order valence-corrected chi connectivity index (χ1v) is 6.30. The summed E-state index contributed by atoms with van der Waals surface area (Å²) < 4.78 is 13.3. The van der Waals surface area contributed by atoms with E-state index in [1.807, 2.05) is 0 Å². The largest absolute Gasteiger partial charge is 0.287 e. The second-order valence-electron chi connectivity index (χ2n) is 3.61. The lowest BCUT2D eigenvalue weighted by atomic mass is 10.2. The summed E-state index contributed by atoms with van der Waals surface area (Å²) in [6.07, 6.45) is 0. The van der Waals surface area contributed by atoms with Crippen LogP contribution in [0.4, 0.5) is 4.39 Å². The van der Waals surface area contributed by atoms with Crippen molar-refractivity contribution in [2.75, 3.05) is 0 Å². The van der Waals surface area contributed by atoms with Gasteiger partial charge in [0, 0.05) is 10.8 Å². The lowest BCUT2D eigenvalue weighted by Crippen LogP contribution is -2.02. The summed E-state index contributed by atoms with van der Waals surface area (Å²) in [6, 6.07) is 2.17. The van der Waals surface area contributed by atoms with Crippen LogP contribution in [0, 0.1) is 11.7 Å². The summed E-state index contributed by atoms with van der Waals surface area (Å²) in [7, 11) is 0. The summed E-state index contributed by atoms with van der Waals surface area (Å²) >= 11 is 11.9. The molecule has 0 heterocycles. The highest BCUT2D eigenvalue weighted by Gasteiger charge is 2.17. The lowest BCUT2D eigenvalue weighted by molar-refractivity contribution is -0.113. The Morgan fingerprint density at radius 3 is 2.41 bits per heavy atom. The van der Waals surface area contributed by atoms with Crippen LogP contribution in [0.3, 0.4) is 0 Å². The number of carbonyl (C=O) groups excluding carboxylic acids is 2. The third-order valence-corrected chi connectivity index (χ3v) is 3.77. The summed E-state index contributed by atoms with van der Waals surface area (Å²) in [4.78, 5) is 22.8. The number of thioether (sulfide) groups is 1. The second-order valence-corrected chi connectivity index (χ2v) is 5.41. The molecule has 0 saturated carbocycles. The number of hydrogen-bond acceptors (Lipinski definition) is 3. The van der Waals surface area contributed by atoms with E-state index in [1.54, 1.807) is 13.8 Å². The molecule has 0 unspecified atom stereocenters. The minimum atomic E-state index is -0.919. The van der Waals surface area contributed by atoms with E-state index < -0.39 is 11.1 Å². The van der Waals surface area contributed by atoms with Crippen molar-refractivity contribution in [1.82, 2.24) is 0 Å². The minimum absolute atomic E-state index is 0.0863. The third-order valence-electron chi connectivity index (χ3n) is 1.92. The van der Waals surface area contributed by atoms with Crippen LogP contribution in [0.5, 0.6) is 0 Å². The Bertz CT molecular complexity index is 475. The molecule has 6 heteroatoms. The Kier molecular flexibility index (Phi) is 4.98. The molecule has 0 aliphatic rings. The van der Waals surface area contributed by atoms with Crippen molar-refractivity contribution < 1.29 is 14.0 Å². The molecule has 1 aromatic carbocycles. The average molecular weight is 295 g/mol. The molecule has 0 aliphatic heterocycles. The van der Waals surface area contributed by atoms with Crippen LogP contribution in [-0.4, -0.2) is 10.4 Å². The molecule has 0 bridgehead atoms. The molecule has 0 radical (unpaired) electrons. The molecule has 0 N–H and O–H groups in total. The number of carbonyl (C=O) groups is 2. The van der Waals surface area contributed by atoms with Crippen LogP contribution in [0.25, 0.3) is 0 Å². The van der Waals surface area contributed by atoms with Crippen LogP contribution >= 0.6 is 35.0 Å². The maximum Gasteiger partial charge on any atom is 0.255 e. The normalized spacial score (nSPS) is 10.7. The molecule has 1 aromatic rings. The highest BCUT2D eigenvalue weighted by atomic mass is 35.5. The van der Waals surface area contributed by atoms with Gasteiger partial charge in [-0.15, -0.1) is 0 Å². The topological polar surface area (TPSA) is 34.1 Å². The highest BCUT2D eigenvalue weighted by Crippen LogP contribution is 2.32. The summed E-state index contributed by atoms with van der Waals surface area (Å²) in [5.41, 5.74) is -0.282. The number of hydrogen-bond donors (Lipinski definition) is 0. The van der Waals surface area contributed by atoms with Gasteiger partial charge in [-0.2, -0.15) is 0 Å². The fraction of sp³-hybridized carbons (Fsp3) is 0.273. The van der Waals surface area contributed by atoms with Crippen molar-refractivity contribution in [3.63, 3.8) is 0 Å². The molecule has 92 valence electrons. The molecule has 0 atom stereocenters. The van der Waals surface area contributed by atoms with Crippen LogP contribution < -0.4 is 0 Å². The van der Waals surface area contributed by atoms with Gasteiger partial charge in [-0.25, -0.2) is 4.39 Å². The van der Waals surface area contributed by atoms with Crippen molar-refractivity contribution >= 4 is 45.3 Å². The molecule has 1 rings (SSSR count). The molecule has 0 fully saturated rings. The fourth-order valence-electron chi connectivity index (χ4n) is 0.984. The zero-order chi connectivity index (χ0) is 13.2. The van der Waals surface area contributed by atoms with Crippen LogP contribution in [0.2, 0.25) is 5.02 Å². The monoisotopic (exact) mass is 294 g/mol. The van der Waals surface area contributed by atoms with Crippen molar-refractivity contribution in [1.29, 1.82) is 0 Å². The first kappa shape index (κ1) is 14.5. The standard InChI is InChI=1S/C11H9Cl2FO2S/c1-5(2)11(16)17-9-3-6(10(13)15)8(14)4-7(9)12/h3-5H,1-2H3. The SMILES string of the molecule is CC(C)C(=O)Sc1cc(C(=O)Cl)c(F)cc1Cl. The first-order valence-electron chi connectivity index (χ1n) is 4.73.